The summed E-state index contributed by atoms with van der Waals surface area (Å²) in [6.07, 6.45) is -1.89. The largest absolute Gasteiger partial charge is 0.573 e. The van der Waals surface area contributed by atoms with Gasteiger partial charge in [-0.2, -0.15) is 0 Å². The molecule has 0 aromatic heterocycles. The highest BCUT2D eigenvalue weighted by atomic mass is 19.4. The molecular weight excluding hydrogens is 297 g/mol. The van der Waals surface area contributed by atoms with Crippen LogP contribution in [-0.4, -0.2) is 18.8 Å². The van der Waals surface area contributed by atoms with Gasteiger partial charge < -0.3 is 15.8 Å². The van der Waals surface area contributed by atoms with Crippen molar-refractivity contribution in [2.75, 3.05) is 6.54 Å². The fraction of sp³-hybridized carbons (Fsp3) is 0.533. The minimum Gasteiger partial charge on any atom is -0.406 e. The minimum absolute atomic E-state index is 0.0384. The molecule has 0 aliphatic heterocycles. The van der Waals surface area contributed by atoms with Crippen LogP contribution >= 0.6 is 0 Å². The number of nitrogens with two attached hydrogens (primary N) is 1. The van der Waals surface area contributed by atoms with Crippen LogP contribution in [0.3, 0.4) is 0 Å². The summed E-state index contributed by atoms with van der Waals surface area (Å²) in [6.45, 7) is 0.778. The van der Waals surface area contributed by atoms with Crippen molar-refractivity contribution in [3.8, 4) is 5.75 Å². The lowest BCUT2D eigenvalue weighted by Crippen LogP contribution is -2.34. The van der Waals surface area contributed by atoms with Gasteiger partial charge in [-0.1, -0.05) is 18.6 Å². The zero-order valence-electron chi connectivity index (χ0n) is 12.0. The van der Waals surface area contributed by atoms with Gasteiger partial charge in [0.1, 0.15) is 5.75 Å². The Hall–Kier alpha value is -1.76. The molecule has 1 fully saturated rings. The highest BCUT2D eigenvalue weighted by molar-refractivity contribution is 5.79. The first kappa shape index (κ1) is 16.6. The Balaban J connectivity index is 1.85. The van der Waals surface area contributed by atoms with Crippen LogP contribution in [0.1, 0.15) is 24.8 Å². The van der Waals surface area contributed by atoms with Crippen LogP contribution in [0.25, 0.3) is 0 Å². The summed E-state index contributed by atoms with van der Waals surface area (Å²) in [7, 11) is 0. The van der Waals surface area contributed by atoms with Crippen LogP contribution in [-0.2, 0) is 11.3 Å². The zero-order valence-corrected chi connectivity index (χ0v) is 12.0. The highest BCUT2D eigenvalue weighted by Gasteiger charge is 2.32. The number of nitrogens with one attached hydrogen (secondary N) is 1. The molecule has 1 amide bonds. The van der Waals surface area contributed by atoms with Crippen molar-refractivity contribution in [1.82, 2.24) is 5.32 Å². The van der Waals surface area contributed by atoms with E-state index in [1.54, 1.807) is 0 Å². The molecule has 0 saturated heterocycles. The van der Waals surface area contributed by atoms with E-state index < -0.39 is 6.36 Å². The summed E-state index contributed by atoms with van der Waals surface area (Å²) < 4.78 is 39.9. The molecule has 0 heterocycles. The van der Waals surface area contributed by atoms with E-state index in [9.17, 15) is 18.0 Å². The summed E-state index contributed by atoms with van der Waals surface area (Å²) in [5, 5.41) is 2.82. The first-order chi connectivity index (χ1) is 10.4. The molecular formula is C15H19F3N2O2. The Morgan fingerprint density at radius 3 is 2.55 bits per heavy atom. The number of benzene rings is 1. The van der Waals surface area contributed by atoms with Gasteiger partial charge in [0.05, 0.1) is 0 Å². The maximum Gasteiger partial charge on any atom is 0.573 e. The zero-order chi connectivity index (χ0) is 16.2. The molecule has 0 spiro atoms. The minimum atomic E-state index is -4.70. The first-order valence-corrected chi connectivity index (χ1v) is 7.21. The van der Waals surface area contributed by atoms with E-state index in [0.717, 1.165) is 19.3 Å². The number of hydrogen-bond acceptors (Lipinski definition) is 3. The Bertz CT molecular complexity index is 503. The van der Waals surface area contributed by atoms with Gasteiger partial charge in [0.15, 0.2) is 0 Å². The van der Waals surface area contributed by atoms with Gasteiger partial charge in [-0.25, -0.2) is 0 Å². The second-order valence-corrected chi connectivity index (χ2v) is 5.44. The van der Waals surface area contributed by atoms with Crippen LogP contribution < -0.4 is 15.8 Å². The van der Waals surface area contributed by atoms with Gasteiger partial charge >= 0.3 is 6.36 Å². The summed E-state index contributed by atoms with van der Waals surface area (Å²) in [6, 6.07) is 5.45. The summed E-state index contributed by atoms with van der Waals surface area (Å²) in [5.41, 5.74) is 6.36. The van der Waals surface area contributed by atoms with Crippen molar-refractivity contribution < 1.29 is 22.7 Å². The Labute approximate surface area is 126 Å². The third-order valence-corrected chi connectivity index (χ3v) is 3.92. The van der Waals surface area contributed by atoms with E-state index in [-0.39, 0.29) is 30.0 Å². The van der Waals surface area contributed by atoms with E-state index in [4.69, 9.17) is 5.73 Å². The molecule has 1 aromatic rings. The van der Waals surface area contributed by atoms with E-state index in [0.29, 0.717) is 12.1 Å². The Morgan fingerprint density at radius 1 is 1.27 bits per heavy atom. The summed E-state index contributed by atoms with van der Waals surface area (Å²) in [5.74, 6) is -0.148. The SMILES string of the molecule is NC[C@H]1CCC[C@H]1C(=O)NCc1ccc(OC(F)(F)F)cc1. The van der Waals surface area contributed by atoms with Gasteiger partial charge in [0, 0.05) is 12.5 Å². The van der Waals surface area contributed by atoms with Crippen molar-refractivity contribution in [2.24, 2.45) is 17.6 Å². The maximum absolute atomic E-state index is 12.1. The van der Waals surface area contributed by atoms with Crippen LogP contribution in [0, 0.1) is 11.8 Å². The third-order valence-electron chi connectivity index (χ3n) is 3.92. The number of hydrogen-bond donors (Lipinski definition) is 2. The molecule has 22 heavy (non-hydrogen) atoms. The molecule has 1 saturated carbocycles. The molecule has 1 aliphatic carbocycles. The second-order valence-electron chi connectivity index (χ2n) is 5.44. The second kappa shape index (κ2) is 7.00. The molecule has 122 valence electrons. The summed E-state index contributed by atoms with van der Waals surface area (Å²) in [4.78, 5) is 12.1. The lowest BCUT2D eigenvalue weighted by atomic mass is 9.95. The fourth-order valence-corrected chi connectivity index (χ4v) is 2.79. The standard InChI is InChI=1S/C15H19F3N2O2/c16-15(17,18)22-12-6-4-10(5-7-12)9-20-14(21)13-3-1-2-11(13)8-19/h4-7,11,13H,1-3,8-9,19H2,(H,20,21)/t11-,13-/m1/s1. The number of carbonyl (C=O) groups excluding carboxylic acids is 1. The Morgan fingerprint density at radius 2 is 1.95 bits per heavy atom. The monoisotopic (exact) mass is 316 g/mol. The van der Waals surface area contributed by atoms with E-state index >= 15 is 0 Å². The van der Waals surface area contributed by atoms with Crippen LogP contribution in [0.5, 0.6) is 5.75 Å². The predicted octanol–water partition coefficient (Wildman–Crippen LogP) is 2.58. The lowest BCUT2D eigenvalue weighted by Gasteiger charge is -2.17. The first-order valence-electron chi connectivity index (χ1n) is 7.21. The molecule has 1 aliphatic rings. The quantitative estimate of drug-likeness (QED) is 0.877. The molecule has 2 atom stereocenters. The van der Waals surface area contributed by atoms with Crippen molar-refractivity contribution in [3.63, 3.8) is 0 Å². The number of amides is 1. The smallest absolute Gasteiger partial charge is 0.406 e. The summed E-state index contributed by atoms with van der Waals surface area (Å²) >= 11 is 0. The molecule has 4 nitrogen and oxygen atoms in total. The van der Waals surface area contributed by atoms with Crippen LogP contribution in [0.15, 0.2) is 24.3 Å². The van der Waals surface area contributed by atoms with Crippen molar-refractivity contribution >= 4 is 5.91 Å². The average Bonchev–Trinajstić information content (AvgIpc) is 2.93. The van der Waals surface area contributed by atoms with Gasteiger partial charge in [0.25, 0.3) is 0 Å². The lowest BCUT2D eigenvalue weighted by molar-refractivity contribution is -0.274. The molecule has 3 N–H and O–H groups in total. The van der Waals surface area contributed by atoms with Gasteiger partial charge in [0.2, 0.25) is 5.91 Å². The fourth-order valence-electron chi connectivity index (χ4n) is 2.79. The number of carbonyl (C=O) groups is 1. The van der Waals surface area contributed by atoms with Crippen molar-refractivity contribution in [3.05, 3.63) is 29.8 Å². The molecule has 2 rings (SSSR count). The van der Waals surface area contributed by atoms with Gasteiger partial charge in [-0.3, -0.25) is 4.79 Å². The third kappa shape index (κ3) is 4.62. The van der Waals surface area contributed by atoms with E-state index in [2.05, 4.69) is 10.1 Å². The van der Waals surface area contributed by atoms with Crippen LogP contribution in [0.2, 0.25) is 0 Å². The molecule has 7 heteroatoms. The van der Waals surface area contributed by atoms with Gasteiger partial charge in [-0.05, 0) is 43.0 Å². The number of halogens is 3. The van der Waals surface area contributed by atoms with Gasteiger partial charge in [-0.15, -0.1) is 13.2 Å². The highest BCUT2D eigenvalue weighted by Crippen LogP contribution is 2.31. The molecule has 0 radical (unpaired) electrons. The predicted molar refractivity (Wildman–Crippen MR) is 74.9 cm³/mol. The van der Waals surface area contributed by atoms with Crippen molar-refractivity contribution in [1.29, 1.82) is 0 Å². The normalized spacial score (nSPS) is 21.6. The van der Waals surface area contributed by atoms with E-state index in [1.165, 1.54) is 24.3 Å². The maximum atomic E-state index is 12.1. The number of ether oxygens (including phenoxy) is 1. The number of rotatable bonds is 5. The van der Waals surface area contributed by atoms with Crippen molar-refractivity contribution in [2.45, 2.75) is 32.2 Å². The van der Waals surface area contributed by atoms with E-state index in [1.807, 2.05) is 0 Å². The topological polar surface area (TPSA) is 64.4 Å². The molecule has 0 bridgehead atoms. The molecule has 0 unspecified atom stereocenters. The average molecular weight is 316 g/mol. The molecule has 1 aromatic carbocycles. The number of alkyl halides is 3. The van der Waals surface area contributed by atoms with Crippen LogP contribution in [0.4, 0.5) is 13.2 Å². The Kier molecular flexibility index (Phi) is 5.28.